The molecule has 0 amide bonds. The second-order valence-electron chi connectivity index (χ2n) is 5.62. The van der Waals surface area contributed by atoms with Crippen molar-refractivity contribution in [3.8, 4) is 0 Å². The van der Waals surface area contributed by atoms with Crippen LogP contribution in [0.4, 0.5) is 8.78 Å². The summed E-state index contributed by atoms with van der Waals surface area (Å²) in [6.07, 6.45) is 1.69. The first-order valence-corrected chi connectivity index (χ1v) is 6.85. The Bertz CT molecular complexity index is 450. The molecular formula is C15H21F2NO. The molecule has 1 unspecified atom stereocenters. The molecule has 1 N–H and O–H groups in total. The lowest BCUT2D eigenvalue weighted by Crippen LogP contribution is -2.33. The summed E-state index contributed by atoms with van der Waals surface area (Å²) in [7, 11) is 0. The van der Waals surface area contributed by atoms with Crippen molar-refractivity contribution >= 4 is 0 Å². The van der Waals surface area contributed by atoms with Crippen molar-refractivity contribution in [1.82, 2.24) is 4.90 Å². The summed E-state index contributed by atoms with van der Waals surface area (Å²) < 4.78 is 27.2. The van der Waals surface area contributed by atoms with Gasteiger partial charge in [-0.2, -0.15) is 0 Å². The SMILES string of the molecule is CC(C)N1CCCC(O)(c2cccc(F)c2F)CC1. The highest BCUT2D eigenvalue weighted by Crippen LogP contribution is 2.35. The van der Waals surface area contributed by atoms with E-state index in [9.17, 15) is 13.9 Å². The molecule has 0 aromatic heterocycles. The molecule has 0 bridgehead atoms. The molecule has 0 radical (unpaired) electrons. The van der Waals surface area contributed by atoms with Crippen molar-refractivity contribution in [3.63, 3.8) is 0 Å². The molecule has 1 aliphatic heterocycles. The maximum absolute atomic E-state index is 13.9. The summed E-state index contributed by atoms with van der Waals surface area (Å²) in [5, 5.41) is 10.7. The standard InChI is InChI=1S/C15H21F2NO/c1-11(2)18-9-4-7-15(19,8-10-18)12-5-3-6-13(16)14(12)17/h3,5-6,11,19H,4,7-10H2,1-2H3. The van der Waals surface area contributed by atoms with Crippen LogP contribution in [-0.2, 0) is 5.60 Å². The molecule has 0 spiro atoms. The van der Waals surface area contributed by atoms with Gasteiger partial charge in [0, 0.05) is 18.2 Å². The number of hydrogen-bond acceptors (Lipinski definition) is 2. The molecule has 1 fully saturated rings. The zero-order valence-corrected chi connectivity index (χ0v) is 11.5. The molecule has 19 heavy (non-hydrogen) atoms. The maximum atomic E-state index is 13.9. The molecule has 1 aromatic rings. The van der Waals surface area contributed by atoms with Crippen LogP contribution in [0.3, 0.4) is 0 Å². The van der Waals surface area contributed by atoms with E-state index in [4.69, 9.17) is 0 Å². The number of rotatable bonds is 2. The summed E-state index contributed by atoms with van der Waals surface area (Å²) in [4.78, 5) is 2.26. The average molecular weight is 269 g/mol. The Labute approximate surface area is 113 Å². The van der Waals surface area contributed by atoms with E-state index in [2.05, 4.69) is 18.7 Å². The van der Waals surface area contributed by atoms with Crippen LogP contribution in [0.1, 0.15) is 38.7 Å². The van der Waals surface area contributed by atoms with Crippen LogP contribution in [0.25, 0.3) is 0 Å². The number of hydrogen-bond donors (Lipinski definition) is 1. The molecule has 0 saturated carbocycles. The Morgan fingerprint density at radius 3 is 2.63 bits per heavy atom. The largest absolute Gasteiger partial charge is 0.385 e. The smallest absolute Gasteiger partial charge is 0.164 e. The number of aliphatic hydroxyl groups is 1. The first-order chi connectivity index (χ1) is 8.94. The fourth-order valence-corrected chi connectivity index (χ4v) is 2.79. The first-order valence-electron chi connectivity index (χ1n) is 6.85. The van der Waals surface area contributed by atoms with Crippen molar-refractivity contribution in [2.24, 2.45) is 0 Å². The van der Waals surface area contributed by atoms with Crippen LogP contribution in [-0.4, -0.2) is 29.1 Å². The zero-order chi connectivity index (χ0) is 14.0. The number of likely N-dealkylation sites (tertiary alicyclic amines) is 1. The minimum atomic E-state index is -1.25. The number of halogens is 2. The van der Waals surface area contributed by atoms with E-state index in [1.807, 2.05) is 0 Å². The normalized spacial score (nSPS) is 25.6. The van der Waals surface area contributed by atoms with E-state index in [-0.39, 0.29) is 5.56 Å². The van der Waals surface area contributed by atoms with Gasteiger partial charge in [-0.05, 0) is 45.7 Å². The highest BCUT2D eigenvalue weighted by molar-refractivity contribution is 5.25. The molecule has 1 atom stereocenters. The second-order valence-corrected chi connectivity index (χ2v) is 5.62. The van der Waals surface area contributed by atoms with Gasteiger partial charge >= 0.3 is 0 Å². The highest BCUT2D eigenvalue weighted by Gasteiger charge is 2.35. The van der Waals surface area contributed by atoms with Crippen LogP contribution in [0.2, 0.25) is 0 Å². The van der Waals surface area contributed by atoms with Crippen molar-refractivity contribution < 1.29 is 13.9 Å². The first kappa shape index (κ1) is 14.4. The lowest BCUT2D eigenvalue weighted by Gasteiger charge is -2.29. The summed E-state index contributed by atoms with van der Waals surface area (Å²) in [6, 6.07) is 4.43. The van der Waals surface area contributed by atoms with Crippen molar-refractivity contribution in [1.29, 1.82) is 0 Å². The lowest BCUT2D eigenvalue weighted by molar-refractivity contribution is 0.0164. The van der Waals surface area contributed by atoms with Gasteiger partial charge in [-0.3, -0.25) is 0 Å². The van der Waals surface area contributed by atoms with E-state index in [1.165, 1.54) is 12.1 Å². The van der Waals surface area contributed by atoms with E-state index in [1.54, 1.807) is 0 Å². The third-order valence-electron chi connectivity index (χ3n) is 4.03. The Morgan fingerprint density at radius 2 is 1.95 bits per heavy atom. The van der Waals surface area contributed by atoms with Gasteiger partial charge in [0.05, 0.1) is 5.60 Å². The number of nitrogens with zero attached hydrogens (tertiary/aromatic N) is 1. The molecule has 1 aromatic carbocycles. The minimum Gasteiger partial charge on any atom is -0.385 e. The minimum absolute atomic E-state index is 0.0955. The van der Waals surface area contributed by atoms with Gasteiger partial charge in [0.1, 0.15) is 0 Å². The van der Waals surface area contributed by atoms with Crippen LogP contribution in [0.15, 0.2) is 18.2 Å². The second kappa shape index (κ2) is 5.55. The summed E-state index contributed by atoms with van der Waals surface area (Å²) in [6.45, 7) is 5.79. The molecule has 2 rings (SSSR count). The topological polar surface area (TPSA) is 23.5 Å². The van der Waals surface area contributed by atoms with Gasteiger partial charge in [0.2, 0.25) is 0 Å². The average Bonchev–Trinajstić information content (AvgIpc) is 2.55. The van der Waals surface area contributed by atoms with E-state index >= 15 is 0 Å². The fourth-order valence-electron chi connectivity index (χ4n) is 2.79. The molecular weight excluding hydrogens is 248 g/mol. The predicted octanol–water partition coefficient (Wildman–Crippen LogP) is 3.05. The lowest BCUT2D eigenvalue weighted by atomic mass is 9.86. The molecule has 0 aliphatic carbocycles. The molecule has 1 saturated heterocycles. The van der Waals surface area contributed by atoms with Gasteiger partial charge in [-0.15, -0.1) is 0 Å². The van der Waals surface area contributed by atoms with Crippen LogP contribution >= 0.6 is 0 Å². The predicted molar refractivity (Wildman–Crippen MR) is 70.8 cm³/mol. The Morgan fingerprint density at radius 1 is 1.21 bits per heavy atom. The van der Waals surface area contributed by atoms with Gasteiger partial charge in [-0.1, -0.05) is 12.1 Å². The molecule has 106 valence electrons. The van der Waals surface area contributed by atoms with E-state index < -0.39 is 17.2 Å². The van der Waals surface area contributed by atoms with E-state index in [0.29, 0.717) is 25.4 Å². The third kappa shape index (κ3) is 2.95. The van der Waals surface area contributed by atoms with Crippen molar-refractivity contribution in [2.75, 3.05) is 13.1 Å². The fraction of sp³-hybridized carbons (Fsp3) is 0.600. The highest BCUT2D eigenvalue weighted by atomic mass is 19.2. The van der Waals surface area contributed by atoms with Gasteiger partial charge in [-0.25, -0.2) is 8.78 Å². The van der Waals surface area contributed by atoms with E-state index in [0.717, 1.165) is 19.0 Å². The van der Waals surface area contributed by atoms with Gasteiger partial charge in [0.15, 0.2) is 11.6 Å². The maximum Gasteiger partial charge on any atom is 0.164 e. The summed E-state index contributed by atoms with van der Waals surface area (Å²) in [5.41, 5.74) is -1.16. The molecule has 1 heterocycles. The molecule has 4 heteroatoms. The summed E-state index contributed by atoms with van der Waals surface area (Å²) in [5.74, 6) is -1.81. The van der Waals surface area contributed by atoms with Gasteiger partial charge < -0.3 is 10.0 Å². The third-order valence-corrected chi connectivity index (χ3v) is 4.03. The quantitative estimate of drug-likeness (QED) is 0.892. The number of benzene rings is 1. The Hall–Kier alpha value is -1.00. The van der Waals surface area contributed by atoms with Crippen LogP contribution < -0.4 is 0 Å². The summed E-state index contributed by atoms with van der Waals surface area (Å²) >= 11 is 0. The molecule has 1 aliphatic rings. The van der Waals surface area contributed by atoms with Crippen molar-refractivity contribution in [3.05, 3.63) is 35.4 Å². The van der Waals surface area contributed by atoms with Gasteiger partial charge in [0.25, 0.3) is 0 Å². The zero-order valence-electron chi connectivity index (χ0n) is 11.5. The van der Waals surface area contributed by atoms with Crippen LogP contribution in [0.5, 0.6) is 0 Å². The monoisotopic (exact) mass is 269 g/mol. The Kier molecular flexibility index (Phi) is 4.21. The van der Waals surface area contributed by atoms with Crippen molar-refractivity contribution in [2.45, 2.75) is 44.8 Å². The molecule has 2 nitrogen and oxygen atoms in total. The Balaban J connectivity index is 2.25. The van der Waals surface area contributed by atoms with Crippen LogP contribution in [0, 0.1) is 11.6 Å².